The fraction of sp³-hybridized carbons (Fsp3) is 0.471. The number of anilines is 1. The van der Waals surface area contributed by atoms with Crippen molar-refractivity contribution >= 4 is 11.7 Å². The molecule has 2 aromatic rings. The summed E-state index contributed by atoms with van der Waals surface area (Å²) in [6.07, 6.45) is 1.80. The van der Waals surface area contributed by atoms with Crippen LogP contribution < -0.4 is 4.90 Å². The summed E-state index contributed by atoms with van der Waals surface area (Å²) in [4.78, 5) is 21.1. The number of carbonyl (C=O) groups is 1. The maximum Gasteiger partial charge on any atom is 0.274 e. The number of hydrogen-bond acceptors (Lipinski definition) is 4. The van der Waals surface area contributed by atoms with E-state index in [2.05, 4.69) is 28.8 Å². The summed E-state index contributed by atoms with van der Waals surface area (Å²) >= 11 is 0. The monoisotopic (exact) mass is 313 g/mol. The first-order valence-electron chi connectivity index (χ1n) is 8.07. The van der Waals surface area contributed by atoms with Gasteiger partial charge in [-0.25, -0.2) is 4.98 Å². The topological polar surface area (TPSA) is 54.3 Å². The number of aromatic nitrogens is 3. The van der Waals surface area contributed by atoms with Crippen LogP contribution in [0.15, 0.2) is 30.5 Å². The highest BCUT2D eigenvalue weighted by molar-refractivity contribution is 5.92. The van der Waals surface area contributed by atoms with E-state index in [0.717, 1.165) is 24.6 Å². The molecule has 0 N–H and O–H groups in total. The maximum atomic E-state index is 12.6. The highest BCUT2D eigenvalue weighted by Gasteiger charge is 2.25. The zero-order valence-electron chi connectivity index (χ0n) is 13.9. The molecule has 1 aliphatic heterocycles. The Morgan fingerprint density at radius 3 is 2.48 bits per heavy atom. The first-order chi connectivity index (χ1) is 11.1. The third-order valence-electron chi connectivity index (χ3n) is 4.17. The number of pyridine rings is 1. The van der Waals surface area contributed by atoms with Crippen LogP contribution in [0.2, 0.25) is 0 Å². The Morgan fingerprint density at radius 2 is 1.91 bits per heavy atom. The Morgan fingerprint density at radius 1 is 1.17 bits per heavy atom. The normalized spacial score (nSPS) is 15.3. The summed E-state index contributed by atoms with van der Waals surface area (Å²) in [6, 6.07) is 8.05. The van der Waals surface area contributed by atoms with Gasteiger partial charge in [-0.05, 0) is 39.0 Å². The van der Waals surface area contributed by atoms with Gasteiger partial charge in [0.2, 0.25) is 0 Å². The molecule has 23 heavy (non-hydrogen) atoms. The number of nitrogens with zero attached hydrogens (tertiary/aromatic N) is 5. The molecular weight excluding hydrogens is 290 g/mol. The summed E-state index contributed by atoms with van der Waals surface area (Å²) < 4.78 is 1.90. The van der Waals surface area contributed by atoms with Gasteiger partial charge in [0.05, 0.1) is 0 Å². The summed E-state index contributed by atoms with van der Waals surface area (Å²) in [7, 11) is 0. The van der Waals surface area contributed by atoms with Gasteiger partial charge in [0.15, 0.2) is 5.69 Å². The SMILES string of the molecule is Cc1cc(C(=O)N2CCN(c3ccccn3)CC2)nn1C(C)C. The van der Waals surface area contributed by atoms with Crippen LogP contribution in [0.4, 0.5) is 5.82 Å². The van der Waals surface area contributed by atoms with Crippen LogP contribution in [0.3, 0.4) is 0 Å². The van der Waals surface area contributed by atoms with Gasteiger partial charge >= 0.3 is 0 Å². The Balaban J connectivity index is 1.65. The minimum atomic E-state index is 0.0215. The third-order valence-corrected chi connectivity index (χ3v) is 4.17. The number of amides is 1. The minimum Gasteiger partial charge on any atom is -0.353 e. The molecule has 1 aliphatic rings. The standard InChI is InChI=1S/C17H23N5O/c1-13(2)22-14(3)12-15(19-22)17(23)21-10-8-20(9-11-21)16-6-4-5-7-18-16/h4-7,12-13H,8-11H2,1-3H3. The molecule has 6 nitrogen and oxygen atoms in total. The van der Waals surface area contributed by atoms with Crippen LogP contribution in [-0.4, -0.2) is 51.8 Å². The number of piperazine rings is 1. The van der Waals surface area contributed by atoms with Crippen molar-refractivity contribution in [2.45, 2.75) is 26.8 Å². The highest BCUT2D eigenvalue weighted by atomic mass is 16.2. The first-order valence-corrected chi connectivity index (χ1v) is 8.07. The van der Waals surface area contributed by atoms with Crippen molar-refractivity contribution < 1.29 is 4.79 Å². The predicted molar refractivity (Wildman–Crippen MR) is 89.7 cm³/mol. The fourth-order valence-corrected chi connectivity index (χ4v) is 2.96. The van der Waals surface area contributed by atoms with Crippen molar-refractivity contribution in [3.05, 3.63) is 41.9 Å². The molecule has 6 heteroatoms. The van der Waals surface area contributed by atoms with Crippen LogP contribution in [-0.2, 0) is 0 Å². The molecule has 0 aromatic carbocycles. The van der Waals surface area contributed by atoms with E-state index in [4.69, 9.17) is 0 Å². The second-order valence-corrected chi connectivity index (χ2v) is 6.18. The lowest BCUT2D eigenvalue weighted by atomic mass is 10.2. The molecule has 0 aliphatic carbocycles. The van der Waals surface area contributed by atoms with Gasteiger partial charge in [-0.3, -0.25) is 9.48 Å². The molecule has 1 amide bonds. The van der Waals surface area contributed by atoms with Crippen LogP contribution in [0.5, 0.6) is 0 Å². The number of hydrogen-bond donors (Lipinski definition) is 0. The van der Waals surface area contributed by atoms with E-state index in [0.29, 0.717) is 18.8 Å². The maximum absolute atomic E-state index is 12.6. The number of carbonyl (C=O) groups excluding carboxylic acids is 1. The average molecular weight is 313 g/mol. The van der Waals surface area contributed by atoms with E-state index >= 15 is 0 Å². The zero-order valence-corrected chi connectivity index (χ0v) is 13.9. The van der Waals surface area contributed by atoms with Gasteiger partial charge in [-0.15, -0.1) is 0 Å². The summed E-state index contributed by atoms with van der Waals surface area (Å²) in [5.74, 6) is 0.993. The number of rotatable bonds is 3. The van der Waals surface area contributed by atoms with Crippen molar-refractivity contribution in [3.63, 3.8) is 0 Å². The Kier molecular flexibility index (Phi) is 4.32. The fourth-order valence-electron chi connectivity index (χ4n) is 2.96. The van der Waals surface area contributed by atoms with Crippen molar-refractivity contribution in [1.29, 1.82) is 0 Å². The van der Waals surface area contributed by atoms with Crippen LogP contribution in [0.1, 0.15) is 36.1 Å². The lowest BCUT2D eigenvalue weighted by molar-refractivity contribution is 0.0739. The zero-order chi connectivity index (χ0) is 16.4. The van der Waals surface area contributed by atoms with Crippen LogP contribution in [0.25, 0.3) is 0 Å². The lowest BCUT2D eigenvalue weighted by Crippen LogP contribution is -2.49. The minimum absolute atomic E-state index is 0.0215. The second kappa shape index (κ2) is 6.40. The van der Waals surface area contributed by atoms with Crippen LogP contribution in [0, 0.1) is 6.92 Å². The van der Waals surface area contributed by atoms with Gasteiger partial charge in [-0.1, -0.05) is 6.07 Å². The van der Waals surface area contributed by atoms with Crippen molar-refractivity contribution in [1.82, 2.24) is 19.7 Å². The first kappa shape index (κ1) is 15.5. The molecule has 0 atom stereocenters. The smallest absolute Gasteiger partial charge is 0.274 e. The van der Waals surface area contributed by atoms with Crippen molar-refractivity contribution in [2.75, 3.05) is 31.1 Å². The van der Waals surface area contributed by atoms with E-state index in [1.54, 1.807) is 6.20 Å². The van der Waals surface area contributed by atoms with Gasteiger partial charge in [0, 0.05) is 44.1 Å². The van der Waals surface area contributed by atoms with Crippen molar-refractivity contribution in [3.8, 4) is 0 Å². The highest BCUT2D eigenvalue weighted by Crippen LogP contribution is 2.16. The lowest BCUT2D eigenvalue weighted by Gasteiger charge is -2.35. The molecular formula is C17H23N5O. The molecule has 1 fully saturated rings. The third kappa shape index (κ3) is 3.21. The molecule has 1 saturated heterocycles. The van der Waals surface area contributed by atoms with Gasteiger partial charge in [0.25, 0.3) is 5.91 Å². The summed E-state index contributed by atoms with van der Waals surface area (Å²) in [5, 5.41) is 4.46. The predicted octanol–water partition coefficient (Wildman–Crippen LogP) is 2.13. The molecule has 0 spiro atoms. The van der Waals surface area contributed by atoms with E-state index in [1.807, 2.05) is 40.8 Å². The Bertz CT molecular complexity index is 672. The van der Waals surface area contributed by atoms with Gasteiger partial charge < -0.3 is 9.80 Å². The molecule has 0 bridgehead atoms. The number of aryl methyl sites for hydroxylation is 1. The second-order valence-electron chi connectivity index (χ2n) is 6.18. The largest absolute Gasteiger partial charge is 0.353 e. The molecule has 0 radical (unpaired) electrons. The quantitative estimate of drug-likeness (QED) is 0.871. The van der Waals surface area contributed by atoms with E-state index in [1.165, 1.54) is 0 Å². The molecule has 3 rings (SSSR count). The average Bonchev–Trinajstić information content (AvgIpc) is 2.97. The Hall–Kier alpha value is -2.37. The molecule has 122 valence electrons. The van der Waals surface area contributed by atoms with Crippen molar-refractivity contribution in [2.24, 2.45) is 0 Å². The molecule has 3 heterocycles. The van der Waals surface area contributed by atoms with E-state index in [-0.39, 0.29) is 11.9 Å². The molecule has 0 unspecified atom stereocenters. The molecule has 2 aromatic heterocycles. The summed E-state index contributed by atoms with van der Waals surface area (Å²) in [5.41, 5.74) is 1.57. The van der Waals surface area contributed by atoms with Gasteiger partial charge in [-0.2, -0.15) is 5.10 Å². The Labute approximate surface area is 136 Å². The van der Waals surface area contributed by atoms with Gasteiger partial charge in [0.1, 0.15) is 5.82 Å². The summed E-state index contributed by atoms with van der Waals surface area (Å²) in [6.45, 7) is 9.12. The van der Waals surface area contributed by atoms with E-state index < -0.39 is 0 Å². The van der Waals surface area contributed by atoms with Crippen LogP contribution >= 0.6 is 0 Å². The molecule has 0 saturated carbocycles. The van der Waals surface area contributed by atoms with E-state index in [9.17, 15) is 4.79 Å².